The molecule has 3 heteroatoms. The average molecular weight is 173 g/mol. The van der Waals surface area contributed by atoms with E-state index in [4.69, 9.17) is 16.7 Å². The first kappa shape index (κ1) is 8.08. The lowest BCUT2D eigenvalue weighted by Gasteiger charge is -1.92. The number of aromatic hydroxyl groups is 1. The van der Waals surface area contributed by atoms with Crippen LogP contribution in [0, 0.1) is 0 Å². The zero-order valence-corrected chi connectivity index (χ0v) is 6.35. The summed E-state index contributed by atoms with van der Waals surface area (Å²) in [4.78, 5) is 0. The van der Waals surface area contributed by atoms with Crippen molar-refractivity contribution in [1.82, 2.24) is 0 Å². The summed E-state index contributed by atoms with van der Waals surface area (Å²) >= 11 is 4.98. The minimum absolute atomic E-state index is 0.0941. The molecule has 0 saturated heterocycles. The molecule has 1 aromatic carbocycles. The third-order valence-corrected chi connectivity index (χ3v) is 1.26. The predicted molar refractivity (Wildman–Crippen MR) is 43.0 cm³/mol. The van der Waals surface area contributed by atoms with Gasteiger partial charge < -0.3 is 5.11 Å². The molecule has 58 valence electrons. The lowest BCUT2D eigenvalue weighted by molar-refractivity contribution is 0.475. The molecule has 0 aliphatic heterocycles. The van der Waals surface area contributed by atoms with E-state index >= 15 is 0 Å². The fraction of sp³-hybridized carbons (Fsp3) is 0. The van der Waals surface area contributed by atoms with Crippen LogP contribution in [0.5, 0.6) is 5.75 Å². The molecule has 1 aromatic rings. The summed E-state index contributed by atoms with van der Waals surface area (Å²) < 4.78 is 12.1. The van der Waals surface area contributed by atoms with Gasteiger partial charge in [-0.15, -0.1) is 0 Å². The van der Waals surface area contributed by atoms with Gasteiger partial charge in [0.05, 0.1) is 0 Å². The Balaban J connectivity index is 2.97. The molecule has 0 atom stereocenters. The van der Waals surface area contributed by atoms with E-state index in [1.165, 1.54) is 12.1 Å². The Labute approximate surface area is 68.7 Å². The molecule has 0 heterocycles. The molecular weight excluding hydrogens is 167 g/mol. The number of benzene rings is 1. The number of halogens is 2. The summed E-state index contributed by atoms with van der Waals surface area (Å²) in [6.45, 7) is 0. The first-order valence-electron chi connectivity index (χ1n) is 3.00. The molecule has 0 amide bonds. The highest BCUT2D eigenvalue weighted by molar-refractivity contribution is 6.30. The number of rotatable bonds is 1. The molecule has 0 aromatic heterocycles. The van der Waals surface area contributed by atoms with Crippen molar-refractivity contribution in [3.63, 3.8) is 0 Å². The van der Waals surface area contributed by atoms with Crippen LogP contribution in [0.1, 0.15) is 5.56 Å². The van der Waals surface area contributed by atoms with E-state index in [9.17, 15) is 4.39 Å². The number of phenolic OH excluding ortho intramolecular Hbond substituents is 1. The van der Waals surface area contributed by atoms with Crippen LogP contribution in [0.3, 0.4) is 0 Å². The highest BCUT2D eigenvalue weighted by Crippen LogP contribution is 2.15. The fourth-order valence-corrected chi connectivity index (χ4v) is 0.867. The monoisotopic (exact) mass is 172 g/mol. The standard InChI is InChI=1S/C8H6ClFO/c9-8(10)5-6-2-1-3-7(11)4-6/h1-5,11H. The van der Waals surface area contributed by atoms with E-state index in [1.54, 1.807) is 12.1 Å². The molecule has 1 rings (SSSR count). The Morgan fingerprint density at radius 2 is 2.27 bits per heavy atom. The van der Waals surface area contributed by atoms with E-state index in [-0.39, 0.29) is 5.75 Å². The summed E-state index contributed by atoms with van der Waals surface area (Å²) in [5.74, 6) is 0.0941. The lowest BCUT2D eigenvalue weighted by atomic mass is 10.2. The van der Waals surface area contributed by atoms with Gasteiger partial charge in [-0.05, 0) is 23.8 Å². The van der Waals surface area contributed by atoms with E-state index in [1.807, 2.05) is 0 Å². The zero-order valence-electron chi connectivity index (χ0n) is 5.59. The second-order valence-electron chi connectivity index (χ2n) is 2.03. The first-order chi connectivity index (χ1) is 5.18. The molecule has 0 fully saturated rings. The molecule has 1 nitrogen and oxygen atoms in total. The Kier molecular flexibility index (Phi) is 2.49. The van der Waals surface area contributed by atoms with Crippen LogP contribution in [0.2, 0.25) is 0 Å². The third kappa shape index (κ3) is 2.60. The molecule has 11 heavy (non-hydrogen) atoms. The maximum atomic E-state index is 12.1. The highest BCUT2D eigenvalue weighted by atomic mass is 35.5. The molecule has 0 radical (unpaired) electrons. The Morgan fingerprint density at radius 3 is 2.82 bits per heavy atom. The molecule has 0 saturated carbocycles. The van der Waals surface area contributed by atoms with Gasteiger partial charge in [0.25, 0.3) is 0 Å². The average Bonchev–Trinajstić information content (AvgIpc) is 1.85. The van der Waals surface area contributed by atoms with E-state index in [2.05, 4.69) is 0 Å². The van der Waals surface area contributed by atoms with Gasteiger partial charge in [-0.2, -0.15) is 4.39 Å². The van der Waals surface area contributed by atoms with Crippen LogP contribution < -0.4 is 0 Å². The molecular formula is C8H6ClFO. The van der Waals surface area contributed by atoms with Crippen LogP contribution in [0.15, 0.2) is 29.6 Å². The van der Waals surface area contributed by atoms with Gasteiger partial charge in [0, 0.05) is 0 Å². The van der Waals surface area contributed by atoms with Gasteiger partial charge in [-0.1, -0.05) is 23.7 Å². The van der Waals surface area contributed by atoms with Gasteiger partial charge >= 0.3 is 0 Å². The molecule has 1 N–H and O–H groups in total. The summed E-state index contributed by atoms with van der Waals surface area (Å²) in [6, 6.07) is 6.17. The van der Waals surface area contributed by atoms with E-state index in [0.717, 1.165) is 6.08 Å². The SMILES string of the molecule is Oc1cccc(C=C(F)Cl)c1. The van der Waals surface area contributed by atoms with Crippen LogP contribution >= 0.6 is 11.6 Å². The van der Waals surface area contributed by atoms with Gasteiger partial charge in [0.15, 0.2) is 5.29 Å². The summed E-state index contributed by atoms with van der Waals surface area (Å²) in [6.07, 6.45) is 1.13. The van der Waals surface area contributed by atoms with E-state index in [0.29, 0.717) is 5.56 Å². The fourth-order valence-electron chi connectivity index (χ4n) is 0.741. The van der Waals surface area contributed by atoms with Crippen LogP contribution in [-0.2, 0) is 0 Å². The van der Waals surface area contributed by atoms with E-state index < -0.39 is 5.29 Å². The van der Waals surface area contributed by atoms with Gasteiger partial charge in [0.1, 0.15) is 5.75 Å². The van der Waals surface area contributed by atoms with Gasteiger partial charge in [-0.3, -0.25) is 0 Å². The Bertz CT molecular complexity index is 279. The minimum Gasteiger partial charge on any atom is -0.508 e. The minimum atomic E-state index is -0.796. The van der Waals surface area contributed by atoms with Crippen molar-refractivity contribution in [3.8, 4) is 5.75 Å². The van der Waals surface area contributed by atoms with Crippen molar-refractivity contribution in [2.75, 3.05) is 0 Å². The zero-order chi connectivity index (χ0) is 8.27. The number of hydrogen-bond acceptors (Lipinski definition) is 1. The lowest BCUT2D eigenvalue weighted by Crippen LogP contribution is -1.70. The summed E-state index contributed by atoms with van der Waals surface area (Å²) in [5, 5.41) is 8.14. The van der Waals surface area contributed by atoms with Crippen molar-refractivity contribution in [3.05, 3.63) is 35.1 Å². The van der Waals surface area contributed by atoms with Crippen molar-refractivity contribution in [2.45, 2.75) is 0 Å². The van der Waals surface area contributed by atoms with Crippen molar-refractivity contribution >= 4 is 17.7 Å². The summed E-state index contributed by atoms with van der Waals surface area (Å²) in [7, 11) is 0. The highest BCUT2D eigenvalue weighted by Gasteiger charge is 1.91. The van der Waals surface area contributed by atoms with Gasteiger partial charge in [-0.25, -0.2) is 0 Å². The maximum Gasteiger partial charge on any atom is 0.189 e. The van der Waals surface area contributed by atoms with Crippen molar-refractivity contribution in [1.29, 1.82) is 0 Å². The Morgan fingerprint density at radius 1 is 1.55 bits per heavy atom. The molecule has 0 spiro atoms. The van der Waals surface area contributed by atoms with Crippen LogP contribution in [-0.4, -0.2) is 5.11 Å². The second-order valence-corrected chi connectivity index (χ2v) is 2.39. The van der Waals surface area contributed by atoms with Crippen molar-refractivity contribution < 1.29 is 9.50 Å². The largest absolute Gasteiger partial charge is 0.508 e. The summed E-state index contributed by atoms with van der Waals surface area (Å²) in [5.41, 5.74) is 0.539. The normalized spacial score (nSPS) is 11.6. The molecule has 0 aliphatic rings. The quantitative estimate of drug-likeness (QED) is 0.691. The first-order valence-corrected chi connectivity index (χ1v) is 3.38. The van der Waals surface area contributed by atoms with Crippen LogP contribution in [0.25, 0.3) is 6.08 Å². The topological polar surface area (TPSA) is 20.2 Å². The maximum absolute atomic E-state index is 12.1. The Hall–Kier alpha value is -1.02. The number of phenols is 1. The van der Waals surface area contributed by atoms with Gasteiger partial charge in [0.2, 0.25) is 0 Å². The smallest absolute Gasteiger partial charge is 0.189 e. The third-order valence-electron chi connectivity index (χ3n) is 1.15. The second kappa shape index (κ2) is 3.39. The molecule has 0 unspecified atom stereocenters. The predicted octanol–water partition coefficient (Wildman–Crippen LogP) is 2.90. The molecule has 0 bridgehead atoms. The van der Waals surface area contributed by atoms with Crippen LogP contribution in [0.4, 0.5) is 4.39 Å². The van der Waals surface area contributed by atoms with Crippen molar-refractivity contribution in [2.24, 2.45) is 0 Å². The molecule has 0 aliphatic carbocycles. The number of hydrogen-bond donors (Lipinski definition) is 1.